The van der Waals surface area contributed by atoms with Gasteiger partial charge >= 0.3 is 0 Å². The van der Waals surface area contributed by atoms with E-state index in [1.807, 2.05) is 36.5 Å². The van der Waals surface area contributed by atoms with Crippen molar-refractivity contribution in [3.8, 4) is 73.2 Å². The SMILES string of the molecule is CC(C)(C)c1ccnc(-n2c3[c-]c(Oc4[c-]c(-n5[c-][n+]6c7c(cccc75)-c5ccccc5-c5ccccc5-c5cccc(-c7ccccc7)c5-6)ccc4)ccc3c3c4oc5ccccc5c4ccc32)c1.[Pt]. The Bertz CT molecular complexity index is 4270. The fraction of sp³-hybridized carbons (Fsp3) is 0.0625. The van der Waals surface area contributed by atoms with Crippen molar-refractivity contribution in [3.05, 3.63) is 224 Å². The molecular weight excluding hydrogens is 1050 g/mol. The summed E-state index contributed by atoms with van der Waals surface area (Å²) in [6.07, 6.45) is 5.78. The van der Waals surface area contributed by atoms with Crippen LogP contribution < -0.4 is 9.30 Å². The zero-order chi connectivity index (χ0) is 46.7. The molecule has 0 saturated carbocycles. The average molecular weight is 1090 g/mol. The van der Waals surface area contributed by atoms with Gasteiger partial charge in [-0.3, -0.25) is 4.57 Å². The van der Waals surface area contributed by atoms with Crippen LogP contribution in [-0.4, -0.2) is 14.1 Å². The second kappa shape index (κ2) is 16.4. The molecule has 0 atom stereocenters. The molecule has 0 saturated heterocycles. The molecule has 0 spiro atoms. The van der Waals surface area contributed by atoms with Gasteiger partial charge in [0.15, 0.2) is 0 Å². The first-order valence-corrected chi connectivity index (χ1v) is 23.7. The van der Waals surface area contributed by atoms with Crippen molar-refractivity contribution in [1.29, 1.82) is 0 Å². The molecule has 7 heteroatoms. The van der Waals surface area contributed by atoms with E-state index in [2.05, 4.69) is 217 Å². The molecule has 1 aliphatic heterocycles. The molecule has 0 amide bonds. The predicted molar refractivity (Wildman–Crippen MR) is 281 cm³/mol. The molecule has 0 unspecified atom stereocenters. The number of nitrogens with zero attached hydrogens (tertiary/aromatic N) is 4. The second-order valence-electron chi connectivity index (χ2n) is 19.1. The van der Waals surface area contributed by atoms with Crippen molar-refractivity contribution in [2.24, 2.45) is 0 Å². The summed E-state index contributed by atoms with van der Waals surface area (Å²) < 4.78 is 20.0. The third kappa shape index (κ3) is 6.73. The molecule has 342 valence electrons. The number of fused-ring (bicyclic) bond motifs is 14. The number of hydrogen-bond donors (Lipinski definition) is 0. The fourth-order valence-electron chi connectivity index (χ4n) is 10.7. The minimum atomic E-state index is -0.0798. The van der Waals surface area contributed by atoms with E-state index in [0.717, 1.165) is 105 Å². The van der Waals surface area contributed by atoms with Crippen LogP contribution in [0.15, 0.2) is 205 Å². The van der Waals surface area contributed by atoms with Gasteiger partial charge in [-0.05, 0) is 96.9 Å². The molecule has 13 aromatic rings. The van der Waals surface area contributed by atoms with Crippen LogP contribution in [0.5, 0.6) is 11.5 Å². The summed E-state index contributed by atoms with van der Waals surface area (Å²) in [5.74, 6) is 1.90. The van der Waals surface area contributed by atoms with Gasteiger partial charge in [0.2, 0.25) is 0 Å². The number of furan rings is 1. The summed E-state index contributed by atoms with van der Waals surface area (Å²) in [6.45, 7) is 6.67. The summed E-state index contributed by atoms with van der Waals surface area (Å²) >= 11 is 0. The number of pyridine rings is 1. The van der Waals surface area contributed by atoms with Crippen LogP contribution >= 0.6 is 0 Å². The number of ether oxygens (including phenoxy) is 1. The van der Waals surface area contributed by atoms with Gasteiger partial charge in [-0.1, -0.05) is 165 Å². The van der Waals surface area contributed by atoms with E-state index in [1.54, 1.807) is 0 Å². The Balaban J connectivity index is 0.00000492. The van der Waals surface area contributed by atoms with Crippen LogP contribution in [0.3, 0.4) is 0 Å². The Labute approximate surface area is 424 Å². The van der Waals surface area contributed by atoms with Crippen LogP contribution in [0.4, 0.5) is 0 Å². The Morgan fingerprint density at radius 3 is 2.00 bits per heavy atom. The normalized spacial score (nSPS) is 12.0. The Morgan fingerprint density at radius 1 is 0.549 bits per heavy atom. The van der Waals surface area contributed by atoms with Crippen LogP contribution in [0.25, 0.3) is 116 Å². The maximum absolute atomic E-state index is 6.80. The Morgan fingerprint density at radius 2 is 1.20 bits per heavy atom. The minimum Gasteiger partial charge on any atom is -0.510 e. The van der Waals surface area contributed by atoms with Gasteiger partial charge in [-0.25, -0.2) is 4.98 Å². The fourth-order valence-corrected chi connectivity index (χ4v) is 10.7. The van der Waals surface area contributed by atoms with Gasteiger partial charge < -0.3 is 18.3 Å². The first-order valence-electron chi connectivity index (χ1n) is 23.7. The molecular formula is C64H42N4O2Pt-2. The number of para-hydroxylation sites is 3. The quantitative estimate of drug-likeness (QED) is 0.127. The molecule has 71 heavy (non-hydrogen) atoms. The molecule has 9 aromatic carbocycles. The standard InChI is InChI=1S/C64H42N4O2.Pt/c1-64(2,3)41-34-35-65-59(36-41)68-55-33-32-53-50-24-11-12-29-58(50)70-63(53)60(55)54-31-30-44(38-57(54)68)69-43-19-13-18-42(37-43)66-39-67-61-45(40-16-5-4-6-17-40)25-14-26-51(61)48-22-9-7-20-46(48)47-21-8-10-23-49(47)52-27-15-28-56(66)62(52)67;/h4-36H,1-3H3;/q-2;. The summed E-state index contributed by atoms with van der Waals surface area (Å²) in [5.41, 5.74) is 17.6. The summed E-state index contributed by atoms with van der Waals surface area (Å²) in [5, 5.41) is 4.16. The minimum absolute atomic E-state index is 0. The summed E-state index contributed by atoms with van der Waals surface area (Å²) in [4.78, 5) is 4.96. The van der Waals surface area contributed by atoms with Gasteiger partial charge in [-0.2, -0.15) is 18.2 Å². The first-order chi connectivity index (χ1) is 34.4. The van der Waals surface area contributed by atoms with Crippen molar-refractivity contribution in [2.75, 3.05) is 0 Å². The topological polar surface area (TPSA) is 49.0 Å². The Kier molecular flexibility index (Phi) is 9.88. The zero-order valence-electron chi connectivity index (χ0n) is 39.0. The molecule has 1 aliphatic rings. The number of rotatable bonds is 5. The number of benzene rings is 9. The Hall–Kier alpha value is -8.31. The summed E-state index contributed by atoms with van der Waals surface area (Å²) in [6, 6.07) is 75.6. The van der Waals surface area contributed by atoms with E-state index in [-0.39, 0.29) is 26.5 Å². The predicted octanol–water partition coefficient (Wildman–Crippen LogP) is 15.8. The van der Waals surface area contributed by atoms with Gasteiger partial charge in [0.05, 0.1) is 16.7 Å². The van der Waals surface area contributed by atoms with Gasteiger partial charge in [-0.15, -0.1) is 24.3 Å². The van der Waals surface area contributed by atoms with Gasteiger partial charge in [0.25, 0.3) is 6.33 Å². The maximum atomic E-state index is 6.80. The van der Waals surface area contributed by atoms with Crippen molar-refractivity contribution in [1.82, 2.24) is 14.1 Å². The second-order valence-corrected chi connectivity index (χ2v) is 19.1. The van der Waals surface area contributed by atoms with Crippen LogP contribution in [0, 0.1) is 18.5 Å². The molecule has 0 radical (unpaired) electrons. The molecule has 0 aliphatic carbocycles. The van der Waals surface area contributed by atoms with E-state index in [0.29, 0.717) is 11.5 Å². The van der Waals surface area contributed by atoms with E-state index in [1.165, 1.54) is 16.7 Å². The van der Waals surface area contributed by atoms with Crippen molar-refractivity contribution < 1.29 is 34.8 Å². The molecule has 0 bridgehead atoms. The van der Waals surface area contributed by atoms with Crippen molar-refractivity contribution >= 4 is 54.8 Å². The third-order valence-corrected chi connectivity index (χ3v) is 14.0. The molecule has 4 aromatic heterocycles. The van der Waals surface area contributed by atoms with E-state index < -0.39 is 0 Å². The van der Waals surface area contributed by atoms with E-state index in [4.69, 9.17) is 14.1 Å². The van der Waals surface area contributed by atoms with Gasteiger partial charge in [0.1, 0.15) is 17.0 Å². The summed E-state index contributed by atoms with van der Waals surface area (Å²) in [7, 11) is 0. The number of hydrogen-bond acceptors (Lipinski definition) is 3. The van der Waals surface area contributed by atoms with Crippen LogP contribution in [0.2, 0.25) is 0 Å². The van der Waals surface area contributed by atoms with Crippen LogP contribution in [-0.2, 0) is 26.5 Å². The monoisotopic (exact) mass is 1090 g/mol. The average Bonchev–Trinajstić information content (AvgIpc) is 4.09. The molecule has 0 fully saturated rings. The third-order valence-electron chi connectivity index (χ3n) is 14.0. The molecule has 5 heterocycles. The number of imidazole rings is 1. The van der Waals surface area contributed by atoms with Crippen molar-refractivity contribution in [2.45, 2.75) is 26.2 Å². The molecule has 14 rings (SSSR count). The molecule has 6 nitrogen and oxygen atoms in total. The smallest absolute Gasteiger partial charge is 0.268 e. The largest absolute Gasteiger partial charge is 0.510 e. The van der Waals surface area contributed by atoms with E-state index in [9.17, 15) is 0 Å². The molecule has 0 N–H and O–H groups in total. The van der Waals surface area contributed by atoms with Gasteiger partial charge in [0, 0.05) is 55.1 Å². The maximum Gasteiger partial charge on any atom is 0.268 e. The van der Waals surface area contributed by atoms with E-state index >= 15 is 0 Å². The zero-order valence-corrected chi connectivity index (χ0v) is 41.2. The number of aromatic nitrogens is 4. The van der Waals surface area contributed by atoms with Crippen LogP contribution in [0.1, 0.15) is 26.3 Å². The first kappa shape index (κ1) is 42.8. The van der Waals surface area contributed by atoms with Crippen molar-refractivity contribution in [3.63, 3.8) is 0 Å².